The van der Waals surface area contributed by atoms with Crippen LogP contribution in [0.15, 0.2) is 30.3 Å². The quantitative estimate of drug-likeness (QED) is 0.860. The van der Waals surface area contributed by atoms with Crippen LogP contribution in [0.3, 0.4) is 0 Å². The summed E-state index contributed by atoms with van der Waals surface area (Å²) in [6, 6.07) is 10.8. The number of benzene rings is 1. The number of ether oxygens (including phenoxy) is 1. The lowest BCUT2D eigenvalue weighted by molar-refractivity contribution is -0.151. The zero-order valence-corrected chi connectivity index (χ0v) is 12.7. The molecular formula is C17H24N2O2. The standard InChI is InChI=1S/C17H24N2O2/c1-21-16(20)17(18-13-14-6-3-2-4-7-14)9-11-19-10-5-8-15(19)12-17/h2-4,6-7,15,18H,5,8-13H2,1H3. The van der Waals surface area contributed by atoms with Gasteiger partial charge in [-0.05, 0) is 37.8 Å². The molecular weight excluding hydrogens is 264 g/mol. The van der Waals surface area contributed by atoms with Gasteiger partial charge in [-0.3, -0.25) is 10.1 Å². The van der Waals surface area contributed by atoms with Gasteiger partial charge in [-0.1, -0.05) is 30.3 Å². The SMILES string of the molecule is COC(=O)C1(NCc2ccccc2)CCN2CCCC2C1. The van der Waals surface area contributed by atoms with Crippen LogP contribution in [0.1, 0.15) is 31.2 Å². The van der Waals surface area contributed by atoms with Crippen LogP contribution in [-0.4, -0.2) is 42.6 Å². The van der Waals surface area contributed by atoms with E-state index in [4.69, 9.17) is 4.74 Å². The molecule has 2 heterocycles. The summed E-state index contributed by atoms with van der Waals surface area (Å²) < 4.78 is 5.11. The molecule has 4 heteroatoms. The van der Waals surface area contributed by atoms with Gasteiger partial charge in [-0.25, -0.2) is 0 Å². The summed E-state index contributed by atoms with van der Waals surface area (Å²) in [6.45, 7) is 2.88. The number of esters is 1. The molecule has 2 aliphatic heterocycles. The highest BCUT2D eigenvalue weighted by atomic mass is 16.5. The normalized spacial score (nSPS) is 29.1. The van der Waals surface area contributed by atoms with Crippen LogP contribution < -0.4 is 5.32 Å². The lowest BCUT2D eigenvalue weighted by Crippen LogP contribution is -2.60. The molecule has 1 N–H and O–H groups in total. The van der Waals surface area contributed by atoms with E-state index in [0.29, 0.717) is 12.6 Å². The second-order valence-corrected chi connectivity index (χ2v) is 6.20. The van der Waals surface area contributed by atoms with Crippen molar-refractivity contribution in [3.63, 3.8) is 0 Å². The van der Waals surface area contributed by atoms with Gasteiger partial charge in [-0.2, -0.15) is 0 Å². The number of nitrogens with zero attached hydrogens (tertiary/aromatic N) is 1. The number of carbonyl (C=O) groups is 1. The summed E-state index contributed by atoms with van der Waals surface area (Å²) in [7, 11) is 1.50. The van der Waals surface area contributed by atoms with Gasteiger partial charge in [0.1, 0.15) is 5.54 Å². The van der Waals surface area contributed by atoms with Crippen molar-refractivity contribution in [3.8, 4) is 0 Å². The van der Waals surface area contributed by atoms with E-state index in [2.05, 4.69) is 22.3 Å². The highest BCUT2D eigenvalue weighted by Crippen LogP contribution is 2.34. The van der Waals surface area contributed by atoms with Crippen LogP contribution in [0.5, 0.6) is 0 Å². The molecule has 2 saturated heterocycles. The largest absolute Gasteiger partial charge is 0.468 e. The van der Waals surface area contributed by atoms with Crippen molar-refractivity contribution >= 4 is 5.97 Å². The lowest BCUT2D eigenvalue weighted by Gasteiger charge is -2.42. The number of hydrogen-bond donors (Lipinski definition) is 1. The predicted octanol–water partition coefficient (Wildman–Crippen LogP) is 1.95. The first-order chi connectivity index (χ1) is 10.2. The molecule has 0 amide bonds. The topological polar surface area (TPSA) is 41.6 Å². The molecule has 4 nitrogen and oxygen atoms in total. The Morgan fingerprint density at radius 3 is 2.95 bits per heavy atom. The second-order valence-electron chi connectivity index (χ2n) is 6.20. The highest BCUT2D eigenvalue weighted by Gasteiger charge is 2.47. The first kappa shape index (κ1) is 14.5. The van der Waals surface area contributed by atoms with Gasteiger partial charge in [0.2, 0.25) is 0 Å². The Bertz CT molecular complexity index is 491. The average Bonchev–Trinajstić information content (AvgIpc) is 3.00. The Hall–Kier alpha value is -1.39. The first-order valence-electron chi connectivity index (χ1n) is 7.85. The van der Waals surface area contributed by atoms with E-state index in [1.165, 1.54) is 32.1 Å². The van der Waals surface area contributed by atoms with Crippen LogP contribution in [0.2, 0.25) is 0 Å². The van der Waals surface area contributed by atoms with E-state index in [1.807, 2.05) is 18.2 Å². The molecule has 0 saturated carbocycles. The third-order valence-corrected chi connectivity index (χ3v) is 4.96. The molecule has 0 bridgehead atoms. The van der Waals surface area contributed by atoms with Crippen LogP contribution in [-0.2, 0) is 16.1 Å². The van der Waals surface area contributed by atoms with Crippen molar-refractivity contribution in [1.82, 2.24) is 10.2 Å². The highest BCUT2D eigenvalue weighted by molar-refractivity contribution is 5.81. The number of nitrogens with one attached hydrogen (secondary N) is 1. The first-order valence-corrected chi connectivity index (χ1v) is 7.85. The van der Waals surface area contributed by atoms with Gasteiger partial charge in [0, 0.05) is 19.1 Å². The number of fused-ring (bicyclic) bond motifs is 1. The fraction of sp³-hybridized carbons (Fsp3) is 0.588. The fourth-order valence-corrected chi connectivity index (χ4v) is 3.74. The molecule has 1 aromatic rings. The van der Waals surface area contributed by atoms with Gasteiger partial charge in [0.15, 0.2) is 0 Å². The number of piperidine rings is 1. The number of hydrogen-bond acceptors (Lipinski definition) is 4. The van der Waals surface area contributed by atoms with Crippen molar-refractivity contribution in [1.29, 1.82) is 0 Å². The van der Waals surface area contributed by atoms with E-state index in [9.17, 15) is 4.79 Å². The number of rotatable bonds is 4. The van der Waals surface area contributed by atoms with Gasteiger partial charge < -0.3 is 9.64 Å². The molecule has 3 rings (SSSR count). The average molecular weight is 288 g/mol. The van der Waals surface area contributed by atoms with Crippen molar-refractivity contribution < 1.29 is 9.53 Å². The van der Waals surface area contributed by atoms with Crippen LogP contribution in [0, 0.1) is 0 Å². The number of carbonyl (C=O) groups excluding carboxylic acids is 1. The molecule has 2 aliphatic rings. The van der Waals surface area contributed by atoms with Gasteiger partial charge in [-0.15, -0.1) is 0 Å². The van der Waals surface area contributed by atoms with Gasteiger partial charge >= 0.3 is 5.97 Å². The van der Waals surface area contributed by atoms with Crippen molar-refractivity contribution in [2.75, 3.05) is 20.2 Å². The van der Waals surface area contributed by atoms with E-state index in [1.54, 1.807) is 0 Å². The Labute approximate surface area is 126 Å². The monoisotopic (exact) mass is 288 g/mol. The number of methoxy groups -OCH3 is 1. The Morgan fingerprint density at radius 1 is 1.38 bits per heavy atom. The van der Waals surface area contributed by atoms with Crippen molar-refractivity contribution in [2.45, 2.75) is 43.8 Å². The van der Waals surface area contributed by atoms with Crippen molar-refractivity contribution in [3.05, 3.63) is 35.9 Å². The van der Waals surface area contributed by atoms with E-state index in [-0.39, 0.29) is 5.97 Å². The molecule has 2 fully saturated rings. The van der Waals surface area contributed by atoms with Crippen LogP contribution in [0.25, 0.3) is 0 Å². The van der Waals surface area contributed by atoms with E-state index >= 15 is 0 Å². The molecule has 0 radical (unpaired) electrons. The molecule has 114 valence electrons. The molecule has 0 aliphatic carbocycles. The maximum Gasteiger partial charge on any atom is 0.326 e. The summed E-state index contributed by atoms with van der Waals surface area (Å²) in [5.41, 5.74) is 0.686. The minimum absolute atomic E-state index is 0.106. The summed E-state index contributed by atoms with van der Waals surface area (Å²) >= 11 is 0. The third kappa shape index (κ3) is 2.97. The van der Waals surface area contributed by atoms with Crippen LogP contribution >= 0.6 is 0 Å². The van der Waals surface area contributed by atoms with Crippen molar-refractivity contribution in [2.24, 2.45) is 0 Å². The fourth-order valence-electron chi connectivity index (χ4n) is 3.74. The molecule has 2 unspecified atom stereocenters. The molecule has 1 aromatic carbocycles. The molecule has 21 heavy (non-hydrogen) atoms. The smallest absolute Gasteiger partial charge is 0.326 e. The molecule has 2 atom stereocenters. The predicted molar refractivity (Wildman–Crippen MR) is 81.9 cm³/mol. The van der Waals surface area contributed by atoms with Crippen LogP contribution in [0.4, 0.5) is 0 Å². The van der Waals surface area contributed by atoms with E-state index in [0.717, 1.165) is 19.4 Å². The molecule has 0 spiro atoms. The molecule has 0 aromatic heterocycles. The van der Waals surface area contributed by atoms with Gasteiger partial charge in [0.25, 0.3) is 0 Å². The Kier molecular flexibility index (Phi) is 4.27. The summed E-state index contributed by atoms with van der Waals surface area (Å²) in [5.74, 6) is -0.106. The maximum absolute atomic E-state index is 12.4. The summed E-state index contributed by atoms with van der Waals surface area (Å²) in [4.78, 5) is 14.9. The zero-order chi connectivity index (χ0) is 14.7. The minimum Gasteiger partial charge on any atom is -0.468 e. The Morgan fingerprint density at radius 2 is 2.19 bits per heavy atom. The summed E-state index contributed by atoms with van der Waals surface area (Å²) in [5, 5.41) is 3.51. The van der Waals surface area contributed by atoms with E-state index < -0.39 is 5.54 Å². The maximum atomic E-state index is 12.4. The van der Waals surface area contributed by atoms with Gasteiger partial charge in [0.05, 0.1) is 7.11 Å². The lowest BCUT2D eigenvalue weighted by atomic mass is 9.83. The zero-order valence-electron chi connectivity index (χ0n) is 12.7. The Balaban J connectivity index is 1.73. The minimum atomic E-state index is -0.518. The second kappa shape index (κ2) is 6.16. The third-order valence-electron chi connectivity index (χ3n) is 4.96. The summed E-state index contributed by atoms with van der Waals surface area (Å²) in [6.07, 6.45) is 4.15.